The zero-order chi connectivity index (χ0) is 11.8. The van der Waals surface area contributed by atoms with Crippen molar-refractivity contribution in [2.75, 3.05) is 6.61 Å². The first-order valence-electron chi connectivity index (χ1n) is 5.59. The first-order valence-corrected chi connectivity index (χ1v) is 5.59. The van der Waals surface area contributed by atoms with E-state index in [1.54, 1.807) is 18.6 Å². The summed E-state index contributed by atoms with van der Waals surface area (Å²) in [4.78, 5) is 18.0. The molecule has 88 valence electrons. The summed E-state index contributed by atoms with van der Waals surface area (Å²) < 4.78 is 5.12. The van der Waals surface area contributed by atoms with E-state index in [9.17, 15) is 4.79 Å². The van der Waals surface area contributed by atoms with Gasteiger partial charge < -0.3 is 9.72 Å². The minimum atomic E-state index is -0.304. The highest BCUT2D eigenvalue weighted by Gasteiger charge is 2.05. The summed E-state index contributed by atoms with van der Waals surface area (Å²) in [5.41, 5.74) is 0.791. The molecule has 1 aromatic heterocycles. The predicted octanol–water partition coefficient (Wildman–Crippen LogP) is 2.40. The van der Waals surface area contributed by atoms with E-state index in [4.69, 9.17) is 4.74 Å². The molecule has 0 amide bonds. The van der Waals surface area contributed by atoms with Gasteiger partial charge in [0.25, 0.3) is 0 Å². The number of rotatable bonds is 6. The number of H-pyrrole nitrogens is 1. The van der Waals surface area contributed by atoms with Crippen LogP contribution in [-0.4, -0.2) is 22.5 Å². The van der Waals surface area contributed by atoms with Crippen molar-refractivity contribution in [3.05, 3.63) is 24.3 Å². The Hall–Kier alpha value is -1.58. The van der Waals surface area contributed by atoms with E-state index >= 15 is 0 Å². The molecule has 16 heavy (non-hydrogen) atoms. The number of hydrogen-bond donors (Lipinski definition) is 1. The monoisotopic (exact) mass is 222 g/mol. The van der Waals surface area contributed by atoms with Crippen LogP contribution in [0.25, 0.3) is 6.08 Å². The van der Waals surface area contributed by atoms with Gasteiger partial charge in [0, 0.05) is 6.08 Å². The topological polar surface area (TPSA) is 55.0 Å². The van der Waals surface area contributed by atoms with Gasteiger partial charge in [-0.05, 0) is 12.0 Å². The molecule has 0 spiro atoms. The molecule has 1 rings (SSSR count). The molecule has 0 aliphatic rings. The van der Waals surface area contributed by atoms with Gasteiger partial charge in [0.2, 0.25) is 0 Å². The van der Waals surface area contributed by atoms with E-state index in [1.165, 1.54) is 6.08 Å². The van der Waals surface area contributed by atoms with Crippen molar-refractivity contribution in [2.45, 2.75) is 26.7 Å². The van der Waals surface area contributed by atoms with Gasteiger partial charge in [-0.15, -0.1) is 0 Å². The van der Waals surface area contributed by atoms with Crippen LogP contribution in [0.4, 0.5) is 0 Å². The maximum atomic E-state index is 11.3. The average Bonchev–Trinajstić information content (AvgIpc) is 2.80. The first kappa shape index (κ1) is 12.5. The lowest BCUT2D eigenvalue weighted by Crippen LogP contribution is -2.11. The van der Waals surface area contributed by atoms with Crippen molar-refractivity contribution in [2.24, 2.45) is 5.92 Å². The van der Waals surface area contributed by atoms with Crippen molar-refractivity contribution < 1.29 is 9.53 Å². The smallest absolute Gasteiger partial charge is 0.330 e. The summed E-state index contributed by atoms with van der Waals surface area (Å²) in [6.45, 7) is 4.70. The van der Waals surface area contributed by atoms with Crippen molar-refractivity contribution in [1.82, 2.24) is 9.97 Å². The van der Waals surface area contributed by atoms with E-state index in [0.717, 1.165) is 18.5 Å². The van der Waals surface area contributed by atoms with Gasteiger partial charge >= 0.3 is 5.97 Å². The van der Waals surface area contributed by atoms with Crippen molar-refractivity contribution in [1.29, 1.82) is 0 Å². The molecule has 4 nitrogen and oxygen atoms in total. The SMILES string of the molecule is CCC(CC)COC(=O)/C=C/c1cnc[nH]1. The maximum absolute atomic E-state index is 11.3. The molecule has 0 aromatic carbocycles. The molecule has 0 saturated carbocycles. The number of aromatic nitrogens is 2. The van der Waals surface area contributed by atoms with Crippen molar-refractivity contribution >= 4 is 12.0 Å². The Bertz CT molecular complexity index is 327. The molecule has 0 aliphatic carbocycles. The van der Waals surface area contributed by atoms with Crippen LogP contribution in [0.15, 0.2) is 18.6 Å². The fourth-order valence-electron chi connectivity index (χ4n) is 1.29. The van der Waals surface area contributed by atoms with Crippen LogP contribution < -0.4 is 0 Å². The molecule has 0 atom stereocenters. The molecule has 4 heteroatoms. The number of hydrogen-bond acceptors (Lipinski definition) is 3. The predicted molar refractivity (Wildman–Crippen MR) is 62.7 cm³/mol. The van der Waals surface area contributed by atoms with Crippen LogP contribution in [0.3, 0.4) is 0 Å². The zero-order valence-electron chi connectivity index (χ0n) is 9.77. The highest BCUT2D eigenvalue weighted by Crippen LogP contribution is 2.07. The van der Waals surface area contributed by atoms with E-state index in [0.29, 0.717) is 12.5 Å². The molecule has 0 bridgehead atoms. The summed E-state index contributed by atoms with van der Waals surface area (Å²) in [6.07, 6.45) is 8.35. The highest BCUT2D eigenvalue weighted by atomic mass is 16.5. The number of imidazole rings is 1. The van der Waals surface area contributed by atoms with E-state index in [1.807, 2.05) is 0 Å². The van der Waals surface area contributed by atoms with Gasteiger partial charge in [-0.25, -0.2) is 9.78 Å². The van der Waals surface area contributed by atoms with Gasteiger partial charge in [0.1, 0.15) is 0 Å². The van der Waals surface area contributed by atoms with Gasteiger partial charge in [-0.1, -0.05) is 26.7 Å². The third kappa shape index (κ3) is 4.29. The molecule has 0 fully saturated rings. The number of carbonyl (C=O) groups excluding carboxylic acids is 1. The highest BCUT2D eigenvalue weighted by molar-refractivity contribution is 5.86. The first-order chi connectivity index (χ1) is 7.76. The zero-order valence-corrected chi connectivity index (χ0v) is 9.77. The lowest BCUT2D eigenvalue weighted by molar-refractivity contribution is -0.139. The summed E-state index contributed by atoms with van der Waals surface area (Å²) in [5.74, 6) is 0.158. The van der Waals surface area contributed by atoms with E-state index in [2.05, 4.69) is 23.8 Å². The summed E-state index contributed by atoms with van der Waals surface area (Å²) >= 11 is 0. The largest absolute Gasteiger partial charge is 0.462 e. The Morgan fingerprint density at radius 2 is 2.31 bits per heavy atom. The molecular weight excluding hydrogens is 204 g/mol. The van der Waals surface area contributed by atoms with Crippen LogP contribution in [0, 0.1) is 5.92 Å². The normalized spacial score (nSPS) is 11.2. The second kappa shape index (κ2) is 6.82. The van der Waals surface area contributed by atoms with Gasteiger partial charge in [0.15, 0.2) is 0 Å². The fourth-order valence-corrected chi connectivity index (χ4v) is 1.29. The Morgan fingerprint density at radius 1 is 1.56 bits per heavy atom. The van der Waals surface area contributed by atoms with Crippen LogP contribution in [-0.2, 0) is 9.53 Å². The quantitative estimate of drug-likeness (QED) is 0.594. The molecule has 1 N–H and O–H groups in total. The average molecular weight is 222 g/mol. The summed E-state index contributed by atoms with van der Waals surface area (Å²) in [5, 5.41) is 0. The van der Waals surface area contributed by atoms with Crippen molar-refractivity contribution in [3.8, 4) is 0 Å². The summed E-state index contributed by atoms with van der Waals surface area (Å²) in [7, 11) is 0. The standard InChI is InChI=1S/C12H18N2O2/c1-3-10(4-2)8-16-12(15)6-5-11-7-13-9-14-11/h5-7,9-10H,3-4,8H2,1-2H3,(H,13,14)/b6-5+. The second-order valence-corrected chi connectivity index (χ2v) is 3.65. The number of ether oxygens (including phenoxy) is 1. The molecule has 0 radical (unpaired) electrons. The molecule has 0 unspecified atom stereocenters. The number of nitrogens with zero attached hydrogens (tertiary/aromatic N) is 1. The minimum absolute atomic E-state index is 0.304. The minimum Gasteiger partial charge on any atom is -0.462 e. The Morgan fingerprint density at radius 3 is 2.88 bits per heavy atom. The third-order valence-electron chi connectivity index (χ3n) is 2.53. The third-order valence-corrected chi connectivity index (χ3v) is 2.53. The van der Waals surface area contributed by atoms with Crippen LogP contribution in [0.2, 0.25) is 0 Å². The van der Waals surface area contributed by atoms with Crippen LogP contribution in [0.1, 0.15) is 32.4 Å². The molecule has 0 saturated heterocycles. The van der Waals surface area contributed by atoms with Gasteiger partial charge in [0.05, 0.1) is 24.8 Å². The lowest BCUT2D eigenvalue weighted by Gasteiger charge is -2.10. The molecule has 1 aromatic rings. The Balaban J connectivity index is 2.31. The number of esters is 1. The van der Waals surface area contributed by atoms with Crippen LogP contribution in [0.5, 0.6) is 0 Å². The fraction of sp³-hybridized carbons (Fsp3) is 0.500. The van der Waals surface area contributed by atoms with Gasteiger partial charge in [-0.2, -0.15) is 0 Å². The second-order valence-electron chi connectivity index (χ2n) is 3.65. The number of carbonyl (C=O) groups is 1. The number of aromatic amines is 1. The molecule has 0 aliphatic heterocycles. The summed E-state index contributed by atoms with van der Waals surface area (Å²) in [6, 6.07) is 0. The Labute approximate surface area is 95.7 Å². The lowest BCUT2D eigenvalue weighted by atomic mass is 10.1. The van der Waals surface area contributed by atoms with Crippen LogP contribution >= 0.6 is 0 Å². The molecule has 1 heterocycles. The van der Waals surface area contributed by atoms with Crippen molar-refractivity contribution in [3.63, 3.8) is 0 Å². The Kier molecular flexibility index (Phi) is 5.32. The molecular formula is C12H18N2O2. The maximum Gasteiger partial charge on any atom is 0.330 e. The van der Waals surface area contributed by atoms with E-state index in [-0.39, 0.29) is 5.97 Å². The van der Waals surface area contributed by atoms with Gasteiger partial charge in [-0.3, -0.25) is 0 Å². The number of nitrogens with one attached hydrogen (secondary N) is 1. The van der Waals surface area contributed by atoms with E-state index < -0.39 is 0 Å².